The quantitative estimate of drug-likeness (QED) is 0.412. The zero-order valence-electron chi connectivity index (χ0n) is 21.0. The summed E-state index contributed by atoms with van der Waals surface area (Å²) in [4.78, 5) is 27.5. The van der Waals surface area contributed by atoms with Crippen LogP contribution in [-0.2, 0) is 9.59 Å². The number of hydrogen-bond donors (Lipinski definition) is 2. The predicted molar refractivity (Wildman–Crippen MR) is 150 cm³/mol. The summed E-state index contributed by atoms with van der Waals surface area (Å²) in [5.74, 6) is -0.522. The molecule has 5 rings (SSSR count). The molecule has 2 aromatic carbocycles. The number of thioether (sulfide) groups is 1. The second-order valence-electron chi connectivity index (χ2n) is 9.08. The summed E-state index contributed by atoms with van der Waals surface area (Å²) in [7, 11) is 0. The first-order valence-corrected chi connectivity index (χ1v) is 14.0. The Kier molecular flexibility index (Phi) is 7.46. The zero-order valence-corrected chi connectivity index (χ0v) is 22.6. The van der Waals surface area contributed by atoms with Crippen LogP contribution in [0.25, 0.3) is 0 Å². The third-order valence-electron chi connectivity index (χ3n) is 6.52. The fourth-order valence-electron chi connectivity index (χ4n) is 4.84. The number of allylic oxidation sites excluding steroid dienone is 3. The second kappa shape index (κ2) is 11.1. The second-order valence-corrected chi connectivity index (χ2v) is 11.3. The SMILES string of the molecule is Cc1cccc(C2C(C#N)=C(N)N(c3nnc(SCC(=O)Nc4ccccc4C#N)s3)C3=C2C(=O)CCC3)c1. The van der Waals surface area contributed by atoms with Gasteiger partial charge in [0, 0.05) is 17.7 Å². The first-order chi connectivity index (χ1) is 18.9. The van der Waals surface area contributed by atoms with Crippen LogP contribution in [0.15, 0.2) is 75.5 Å². The van der Waals surface area contributed by atoms with Gasteiger partial charge in [-0.05, 0) is 37.5 Å². The van der Waals surface area contributed by atoms with E-state index < -0.39 is 5.92 Å². The molecule has 0 saturated heterocycles. The summed E-state index contributed by atoms with van der Waals surface area (Å²) >= 11 is 2.43. The number of nitrogens with zero attached hydrogens (tertiary/aromatic N) is 5. The van der Waals surface area contributed by atoms with Gasteiger partial charge in [-0.3, -0.25) is 14.5 Å². The summed E-state index contributed by atoms with van der Waals surface area (Å²) in [6, 6.07) is 18.9. The number of carbonyl (C=O) groups is 2. The van der Waals surface area contributed by atoms with Gasteiger partial charge in [0.05, 0.1) is 34.6 Å². The molecule has 1 amide bonds. The van der Waals surface area contributed by atoms with E-state index in [1.54, 1.807) is 29.2 Å². The Morgan fingerprint density at radius 2 is 2.00 bits per heavy atom. The summed E-state index contributed by atoms with van der Waals surface area (Å²) in [5, 5.41) is 31.1. The first-order valence-electron chi connectivity index (χ1n) is 12.2. The smallest absolute Gasteiger partial charge is 0.234 e. The lowest BCUT2D eigenvalue weighted by molar-refractivity contribution is -0.116. The maximum atomic E-state index is 13.3. The van der Waals surface area contributed by atoms with Crippen LogP contribution in [0.1, 0.15) is 41.9 Å². The van der Waals surface area contributed by atoms with Crippen LogP contribution in [-0.4, -0.2) is 27.6 Å². The molecule has 39 heavy (non-hydrogen) atoms. The van der Waals surface area contributed by atoms with Gasteiger partial charge in [-0.25, -0.2) is 0 Å². The number of nitriles is 2. The fourth-order valence-corrected chi connectivity index (χ4v) is 6.52. The molecule has 3 aromatic rings. The summed E-state index contributed by atoms with van der Waals surface area (Å²) in [6.45, 7) is 1.97. The monoisotopic (exact) mass is 553 g/mol. The van der Waals surface area contributed by atoms with Gasteiger partial charge >= 0.3 is 0 Å². The van der Waals surface area contributed by atoms with Gasteiger partial charge in [0.1, 0.15) is 11.9 Å². The Morgan fingerprint density at radius 3 is 2.77 bits per heavy atom. The average Bonchev–Trinajstić information content (AvgIpc) is 3.40. The molecule has 1 unspecified atom stereocenters. The highest BCUT2D eigenvalue weighted by atomic mass is 32.2. The number of ketones is 1. The van der Waals surface area contributed by atoms with E-state index >= 15 is 0 Å². The molecule has 0 fully saturated rings. The van der Waals surface area contributed by atoms with Crippen LogP contribution in [0.5, 0.6) is 0 Å². The van der Waals surface area contributed by atoms with E-state index in [-0.39, 0.29) is 23.3 Å². The van der Waals surface area contributed by atoms with Crippen LogP contribution < -0.4 is 16.0 Å². The molecule has 0 saturated carbocycles. The third-order valence-corrected chi connectivity index (χ3v) is 8.57. The van der Waals surface area contributed by atoms with Crippen molar-refractivity contribution in [2.75, 3.05) is 16.0 Å². The van der Waals surface area contributed by atoms with E-state index in [9.17, 15) is 20.1 Å². The van der Waals surface area contributed by atoms with Gasteiger partial charge in [-0.2, -0.15) is 10.5 Å². The number of hydrogen-bond acceptors (Lipinski definition) is 10. The molecule has 2 aliphatic rings. The van der Waals surface area contributed by atoms with E-state index in [0.717, 1.165) is 16.8 Å². The molecule has 0 radical (unpaired) electrons. The maximum absolute atomic E-state index is 13.3. The minimum absolute atomic E-state index is 0.00133. The predicted octanol–water partition coefficient (Wildman–Crippen LogP) is 4.75. The molecule has 0 spiro atoms. The summed E-state index contributed by atoms with van der Waals surface area (Å²) < 4.78 is 0.533. The number of Topliss-reactive ketones (excluding diaryl/α,β-unsaturated/α-hetero) is 1. The molecule has 194 valence electrons. The molecule has 9 nitrogen and oxygen atoms in total. The molecule has 1 aliphatic carbocycles. The number of nitrogens with one attached hydrogen (secondary N) is 1. The van der Waals surface area contributed by atoms with Crippen LogP contribution in [0, 0.1) is 29.6 Å². The lowest BCUT2D eigenvalue weighted by Crippen LogP contribution is -2.38. The Hall–Kier alpha value is -4.45. The molecule has 1 atom stereocenters. The topological polar surface area (TPSA) is 149 Å². The summed E-state index contributed by atoms with van der Waals surface area (Å²) in [6.07, 6.45) is 1.70. The summed E-state index contributed by atoms with van der Waals surface area (Å²) in [5.41, 5.74) is 10.9. The van der Waals surface area contributed by atoms with E-state index in [2.05, 4.69) is 27.7 Å². The van der Waals surface area contributed by atoms with Crippen molar-refractivity contribution in [2.24, 2.45) is 5.73 Å². The Morgan fingerprint density at radius 1 is 1.18 bits per heavy atom. The largest absolute Gasteiger partial charge is 0.384 e. The number of nitrogens with two attached hydrogens (primary N) is 1. The van der Waals surface area contributed by atoms with Crippen LogP contribution >= 0.6 is 23.1 Å². The highest BCUT2D eigenvalue weighted by Crippen LogP contribution is 2.47. The van der Waals surface area contributed by atoms with E-state index in [4.69, 9.17) is 5.73 Å². The number of anilines is 2. The van der Waals surface area contributed by atoms with E-state index in [1.807, 2.05) is 31.2 Å². The van der Waals surface area contributed by atoms with Crippen molar-refractivity contribution in [1.82, 2.24) is 10.2 Å². The van der Waals surface area contributed by atoms with Gasteiger partial charge in [0.2, 0.25) is 11.0 Å². The van der Waals surface area contributed by atoms with Crippen LogP contribution in [0.2, 0.25) is 0 Å². The van der Waals surface area contributed by atoms with Crippen molar-refractivity contribution in [3.63, 3.8) is 0 Å². The molecule has 1 aromatic heterocycles. The molecular formula is C28H23N7O2S2. The third kappa shape index (κ3) is 5.15. The highest BCUT2D eigenvalue weighted by Gasteiger charge is 2.41. The zero-order chi connectivity index (χ0) is 27.5. The number of carbonyl (C=O) groups excluding carboxylic acids is 2. The van der Waals surface area contributed by atoms with Gasteiger partial charge in [0.25, 0.3) is 0 Å². The number of benzene rings is 2. The van der Waals surface area contributed by atoms with Gasteiger partial charge in [0.15, 0.2) is 10.1 Å². The Labute approximate surface area is 233 Å². The average molecular weight is 554 g/mol. The lowest BCUT2D eigenvalue weighted by Gasteiger charge is -2.38. The van der Waals surface area contributed by atoms with Crippen LogP contribution in [0.3, 0.4) is 0 Å². The van der Waals surface area contributed by atoms with Crippen molar-refractivity contribution in [3.05, 3.63) is 87.9 Å². The number of aromatic nitrogens is 2. The molecule has 0 bridgehead atoms. The Balaban J connectivity index is 1.42. The van der Waals surface area contributed by atoms with Crippen molar-refractivity contribution in [3.8, 4) is 12.1 Å². The van der Waals surface area contributed by atoms with E-state index in [0.29, 0.717) is 51.1 Å². The molecular weight excluding hydrogens is 530 g/mol. The normalized spacial score (nSPS) is 16.9. The number of rotatable bonds is 6. The number of amides is 1. The van der Waals surface area contributed by atoms with Gasteiger partial charge in [-0.1, -0.05) is 65.1 Å². The van der Waals surface area contributed by atoms with Crippen molar-refractivity contribution >= 4 is 45.6 Å². The van der Waals surface area contributed by atoms with Crippen molar-refractivity contribution < 1.29 is 9.59 Å². The molecule has 2 heterocycles. The van der Waals surface area contributed by atoms with Crippen LogP contribution in [0.4, 0.5) is 10.8 Å². The van der Waals surface area contributed by atoms with Gasteiger partial charge < -0.3 is 11.1 Å². The Bertz CT molecular complexity index is 1630. The van der Waals surface area contributed by atoms with E-state index in [1.165, 1.54) is 23.1 Å². The maximum Gasteiger partial charge on any atom is 0.234 e. The highest BCUT2D eigenvalue weighted by molar-refractivity contribution is 8.01. The first kappa shape index (κ1) is 26.2. The molecule has 3 N–H and O–H groups in total. The van der Waals surface area contributed by atoms with Gasteiger partial charge in [-0.15, -0.1) is 10.2 Å². The minimum atomic E-state index is -0.532. The molecule has 11 heteroatoms. The number of aryl methyl sites for hydroxylation is 1. The minimum Gasteiger partial charge on any atom is -0.384 e. The molecule has 1 aliphatic heterocycles. The lowest BCUT2D eigenvalue weighted by atomic mass is 9.75. The number of para-hydroxylation sites is 1. The van der Waals surface area contributed by atoms with Crippen molar-refractivity contribution in [2.45, 2.75) is 36.4 Å². The standard InChI is InChI=1S/C28H23N7O2S2/c1-16-6-4-8-17(12-16)24-19(14-30)26(31)35(21-10-5-11-22(36)25(21)24)27-33-34-28(39-27)38-15-23(37)32-20-9-3-2-7-18(20)13-29/h2-4,6-9,12,24H,5,10-11,15,31H2,1H3,(H,32,37). The van der Waals surface area contributed by atoms with Crippen molar-refractivity contribution in [1.29, 1.82) is 10.5 Å². The fraction of sp³-hybridized carbons (Fsp3) is 0.214.